The van der Waals surface area contributed by atoms with Crippen molar-refractivity contribution in [2.75, 3.05) is 18.4 Å². The number of nitrogens with zero attached hydrogens (tertiary/aromatic N) is 3. The van der Waals surface area contributed by atoms with Crippen LogP contribution in [0.2, 0.25) is 0 Å². The van der Waals surface area contributed by atoms with Crippen LogP contribution in [0, 0.1) is 5.41 Å². The number of primary amides is 1. The number of nitrogens with one attached hydrogen (secondary N) is 1. The minimum Gasteiger partial charge on any atom is -0.478 e. The molecule has 2 amide bonds. The number of amides is 2. The normalized spacial score (nSPS) is 18.2. The topological polar surface area (TPSA) is 139 Å². The van der Waals surface area contributed by atoms with Crippen LogP contribution in [0.15, 0.2) is 12.3 Å². The average Bonchev–Trinajstić information content (AvgIpc) is 3.11. The molecule has 0 unspecified atom stereocenters. The number of hydrogen-bond donors (Lipinski definition) is 3. The first-order valence-corrected chi connectivity index (χ1v) is 11.1. The maximum Gasteiger partial charge on any atom is 0.410 e. The molecule has 2 aromatic rings. The van der Waals surface area contributed by atoms with Gasteiger partial charge in [0.2, 0.25) is 0 Å². The van der Waals surface area contributed by atoms with Crippen LogP contribution >= 0.6 is 0 Å². The van der Waals surface area contributed by atoms with Crippen LogP contribution in [0.4, 0.5) is 10.5 Å². The monoisotopic (exact) mass is 459 g/mol. The van der Waals surface area contributed by atoms with E-state index in [0.717, 1.165) is 0 Å². The first-order valence-electron chi connectivity index (χ1n) is 11.1. The molecule has 1 aliphatic heterocycles. The molecule has 3 rings (SSSR count). The van der Waals surface area contributed by atoms with Crippen molar-refractivity contribution in [1.82, 2.24) is 14.5 Å². The zero-order valence-electron chi connectivity index (χ0n) is 20.1. The highest BCUT2D eigenvalue weighted by Crippen LogP contribution is 2.35. The molecule has 4 N–H and O–H groups in total. The van der Waals surface area contributed by atoms with Gasteiger partial charge >= 0.3 is 12.1 Å². The zero-order chi connectivity index (χ0) is 24.7. The quantitative estimate of drug-likeness (QED) is 0.624. The lowest BCUT2D eigenvalue weighted by Crippen LogP contribution is -2.54. The van der Waals surface area contributed by atoms with Gasteiger partial charge in [0.15, 0.2) is 0 Å². The van der Waals surface area contributed by atoms with Gasteiger partial charge in [0.25, 0.3) is 5.91 Å². The third-order valence-electron chi connectivity index (χ3n) is 5.85. The van der Waals surface area contributed by atoms with Gasteiger partial charge in [-0.15, -0.1) is 0 Å². The van der Waals surface area contributed by atoms with Crippen LogP contribution in [-0.4, -0.2) is 62.3 Å². The summed E-state index contributed by atoms with van der Waals surface area (Å²) in [6, 6.07) is 1.36. The molecule has 0 radical (unpaired) electrons. The average molecular weight is 460 g/mol. The van der Waals surface area contributed by atoms with E-state index >= 15 is 0 Å². The number of carbonyl (C=O) groups excluding carboxylic acids is 2. The molecule has 0 spiro atoms. The van der Waals surface area contributed by atoms with Crippen molar-refractivity contribution in [2.24, 2.45) is 11.1 Å². The fourth-order valence-electron chi connectivity index (χ4n) is 4.23. The SMILES string of the molecule is CCc1nn2cc(C(=O)O)cc2c(N[C@@H]2CCN(C(=O)OC(C)(C)C)CC2(C)C)c1C(N)=O. The third-order valence-corrected chi connectivity index (χ3v) is 5.85. The summed E-state index contributed by atoms with van der Waals surface area (Å²) in [6.45, 7) is 12.3. The van der Waals surface area contributed by atoms with Crippen molar-refractivity contribution in [1.29, 1.82) is 0 Å². The lowest BCUT2D eigenvalue weighted by Gasteiger charge is -2.45. The summed E-state index contributed by atoms with van der Waals surface area (Å²) >= 11 is 0. The number of carboxylic acids is 1. The fourth-order valence-corrected chi connectivity index (χ4v) is 4.23. The Kier molecular flexibility index (Phi) is 6.32. The number of anilines is 1. The number of likely N-dealkylation sites (tertiary alicyclic amines) is 1. The van der Waals surface area contributed by atoms with Crippen LogP contribution in [0.3, 0.4) is 0 Å². The fraction of sp³-hybridized carbons (Fsp3) is 0.565. The summed E-state index contributed by atoms with van der Waals surface area (Å²) in [4.78, 5) is 38.2. The Bertz CT molecular complexity index is 1100. The van der Waals surface area contributed by atoms with E-state index in [1.807, 2.05) is 41.5 Å². The Morgan fingerprint density at radius 2 is 2.00 bits per heavy atom. The first-order chi connectivity index (χ1) is 15.2. The van der Waals surface area contributed by atoms with Crippen molar-refractivity contribution in [3.63, 3.8) is 0 Å². The molecule has 1 aliphatic rings. The summed E-state index contributed by atoms with van der Waals surface area (Å²) in [5.74, 6) is -1.72. The second-order valence-corrected chi connectivity index (χ2v) is 10.2. The van der Waals surface area contributed by atoms with E-state index in [1.165, 1.54) is 16.8 Å². The molecule has 0 aliphatic carbocycles. The molecule has 0 aromatic carbocycles. The number of fused-ring (bicyclic) bond motifs is 1. The maximum atomic E-state index is 12.6. The predicted octanol–water partition coefficient (Wildman–Crippen LogP) is 3.14. The van der Waals surface area contributed by atoms with Gasteiger partial charge in [-0.2, -0.15) is 5.10 Å². The molecule has 2 aromatic heterocycles. The van der Waals surface area contributed by atoms with Crippen LogP contribution in [-0.2, 0) is 11.2 Å². The summed E-state index contributed by atoms with van der Waals surface area (Å²) in [5, 5.41) is 17.3. The molecule has 3 heterocycles. The van der Waals surface area contributed by atoms with E-state index < -0.39 is 17.5 Å². The minimum absolute atomic E-state index is 0.0632. The highest BCUT2D eigenvalue weighted by molar-refractivity contribution is 6.04. The van der Waals surface area contributed by atoms with Gasteiger partial charge < -0.3 is 25.8 Å². The number of nitrogens with two attached hydrogens (primary N) is 1. The molecule has 0 bridgehead atoms. The minimum atomic E-state index is -1.09. The van der Waals surface area contributed by atoms with Crippen molar-refractivity contribution < 1.29 is 24.2 Å². The second-order valence-electron chi connectivity index (χ2n) is 10.2. The number of ether oxygens (including phenoxy) is 1. The summed E-state index contributed by atoms with van der Waals surface area (Å²) in [6.07, 6.45) is 2.11. The van der Waals surface area contributed by atoms with Crippen LogP contribution in [0.1, 0.15) is 74.4 Å². The number of hydrogen-bond acceptors (Lipinski definition) is 6. The smallest absolute Gasteiger partial charge is 0.410 e. The van der Waals surface area contributed by atoms with Crippen molar-refractivity contribution >= 4 is 29.2 Å². The molecule has 180 valence electrons. The van der Waals surface area contributed by atoms with Gasteiger partial charge in [-0.25, -0.2) is 14.1 Å². The lowest BCUT2D eigenvalue weighted by molar-refractivity contribution is 0.00690. The molecule has 10 heteroatoms. The van der Waals surface area contributed by atoms with Gasteiger partial charge in [-0.1, -0.05) is 20.8 Å². The summed E-state index contributed by atoms with van der Waals surface area (Å²) in [5.41, 5.74) is 6.50. The molecule has 1 atom stereocenters. The Morgan fingerprint density at radius 1 is 1.33 bits per heavy atom. The molecule has 10 nitrogen and oxygen atoms in total. The number of aromatic nitrogens is 2. The number of rotatable bonds is 5. The van der Waals surface area contributed by atoms with Gasteiger partial charge in [0.1, 0.15) is 5.60 Å². The van der Waals surface area contributed by atoms with E-state index in [4.69, 9.17) is 10.5 Å². The maximum absolute atomic E-state index is 12.6. The van der Waals surface area contributed by atoms with Crippen molar-refractivity contribution in [3.8, 4) is 0 Å². The first kappa shape index (κ1) is 24.3. The molecule has 0 saturated carbocycles. The molecule has 33 heavy (non-hydrogen) atoms. The molecular formula is C23H33N5O5. The van der Waals surface area contributed by atoms with Crippen molar-refractivity contribution in [2.45, 2.75) is 66.0 Å². The Hall–Kier alpha value is -3.30. The Balaban J connectivity index is 1.98. The number of aromatic carboxylic acids is 1. The molecule has 1 fully saturated rings. The molecular weight excluding hydrogens is 426 g/mol. The van der Waals surface area contributed by atoms with Crippen LogP contribution in [0.5, 0.6) is 0 Å². The molecule has 1 saturated heterocycles. The second kappa shape index (κ2) is 8.57. The predicted molar refractivity (Wildman–Crippen MR) is 124 cm³/mol. The standard InChI is InChI=1S/C23H33N5O5/c1-7-14-17(19(24)29)18(15-10-13(20(30)31)11-28(15)26-14)25-16-8-9-27(12-23(16,5)6)21(32)33-22(2,3)4/h10-11,16,25H,7-9,12H2,1-6H3,(H2,24,29)(H,30,31)/t16-/m1/s1. The number of aryl methyl sites for hydroxylation is 1. The number of carboxylic acid groups (broad SMARTS) is 1. The number of piperidine rings is 1. The van der Waals surface area contributed by atoms with E-state index in [9.17, 15) is 19.5 Å². The Morgan fingerprint density at radius 3 is 2.52 bits per heavy atom. The van der Waals surface area contributed by atoms with Gasteiger partial charge in [0.05, 0.1) is 28.0 Å². The third kappa shape index (κ3) is 5.04. The lowest BCUT2D eigenvalue weighted by atomic mass is 9.79. The van der Waals surface area contributed by atoms with E-state index in [1.54, 1.807) is 4.90 Å². The van der Waals surface area contributed by atoms with Crippen LogP contribution in [0.25, 0.3) is 5.52 Å². The number of carbonyl (C=O) groups is 3. The van der Waals surface area contributed by atoms with Gasteiger partial charge in [-0.3, -0.25) is 4.79 Å². The van der Waals surface area contributed by atoms with E-state index in [2.05, 4.69) is 10.4 Å². The van der Waals surface area contributed by atoms with Crippen molar-refractivity contribution in [3.05, 3.63) is 29.1 Å². The Labute approximate surface area is 193 Å². The van der Waals surface area contributed by atoms with E-state index in [0.29, 0.717) is 42.8 Å². The largest absolute Gasteiger partial charge is 0.478 e. The van der Waals surface area contributed by atoms with E-state index in [-0.39, 0.29) is 28.7 Å². The van der Waals surface area contributed by atoms with Gasteiger partial charge in [-0.05, 0) is 39.7 Å². The summed E-state index contributed by atoms with van der Waals surface area (Å²) in [7, 11) is 0. The van der Waals surface area contributed by atoms with Gasteiger partial charge in [0, 0.05) is 30.7 Å². The highest BCUT2D eigenvalue weighted by atomic mass is 16.6. The summed E-state index contributed by atoms with van der Waals surface area (Å²) < 4.78 is 7.00. The van der Waals surface area contributed by atoms with Crippen LogP contribution < -0.4 is 11.1 Å². The highest BCUT2D eigenvalue weighted by Gasteiger charge is 2.40. The zero-order valence-corrected chi connectivity index (χ0v) is 20.1.